The Kier molecular flexibility index (Phi) is 6.19. The van der Waals surface area contributed by atoms with Gasteiger partial charge in [0.1, 0.15) is 5.75 Å². The largest absolute Gasteiger partial charge is 0.491 e. The first-order chi connectivity index (χ1) is 10.5. The summed E-state index contributed by atoms with van der Waals surface area (Å²) in [5.74, 6) is 0.963. The van der Waals surface area contributed by atoms with Crippen molar-refractivity contribution in [3.63, 3.8) is 0 Å². The van der Waals surface area contributed by atoms with Crippen molar-refractivity contribution in [2.45, 2.75) is 52.1 Å². The number of anilines is 1. The molecule has 5 heteroatoms. The van der Waals surface area contributed by atoms with Crippen molar-refractivity contribution in [2.24, 2.45) is 5.92 Å². The van der Waals surface area contributed by atoms with Crippen LogP contribution in [0.3, 0.4) is 0 Å². The lowest BCUT2D eigenvalue weighted by Gasteiger charge is -2.21. The Hall–Kier alpha value is -1.62. The van der Waals surface area contributed by atoms with Gasteiger partial charge < -0.3 is 15.4 Å². The van der Waals surface area contributed by atoms with Gasteiger partial charge >= 0.3 is 0 Å². The van der Waals surface area contributed by atoms with Gasteiger partial charge in [-0.05, 0) is 63.2 Å². The lowest BCUT2D eigenvalue weighted by atomic mass is 9.89. The van der Waals surface area contributed by atoms with E-state index in [-0.39, 0.29) is 17.9 Å². The number of rotatable bonds is 4. The van der Waals surface area contributed by atoms with Gasteiger partial charge in [0, 0.05) is 11.6 Å². The zero-order chi connectivity index (χ0) is 15.9. The monoisotopic (exact) mass is 320 g/mol. The predicted octanol–water partition coefficient (Wildman–Crippen LogP) is 3.87. The summed E-state index contributed by atoms with van der Waals surface area (Å²) in [4.78, 5) is 12.1. The van der Waals surface area contributed by atoms with Crippen LogP contribution in [0.1, 0.15) is 46.0 Å². The van der Waals surface area contributed by atoms with E-state index < -0.39 is 0 Å². The van der Waals surface area contributed by atoms with Crippen molar-refractivity contribution < 1.29 is 9.53 Å². The van der Waals surface area contributed by atoms with E-state index in [1.807, 2.05) is 38.1 Å². The van der Waals surface area contributed by atoms with Crippen LogP contribution in [0.5, 0.6) is 5.75 Å². The summed E-state index contributed by atoms with van der Waals surface area (Å²) in [6, 6.07) is 7.54. The van der Waals surface area contributed by atoms with E-state index in [1.54, 1.807) is 0 Å². The van der Waals surface area contributed by atoms with Gasteiger partial charge in [-0.3, -0.25) is 4.79 Å². The molecule has 0 unspecified atom stereocenters. The maximum Gasteiger partial charge on any atom is 0.229 e. The molecule has 2 rings (SSSR count). The molecule has 1 fully saturated rings. The average Bonchev–Trinajstić information content (AvgIpc) is 2.49. The molecule has 0 saturated heterocycles. The standard InChI is InChI=1S/C17H24N2O2S/c1-12(2)21-15-10-8-14(9-11-15)18-17(22)19-16(20)13-6-4-3-5-7-13/h8-13H,3-7H2,1-2H3,(H2,18,19,20,22). The Morgan fingerprint density at radius 2 is 1.82 bits per heavy atom. The van der Waals surface area contributed by atoms with E-state index in [4.69, 9.17) is 17.0 Å². The van der Waals surface area contributed by atoms with Crippen molar-refractivity contribution in [1.29, 1.82) is 0 Å². The number of hydrogen-bond acceptors (Lipinski definition) is 3. The molecule has 0 atom stereocenters. The molecule has 1 saturated carbocycles. The smallest absolute Gasteiger partial charge is 0.229 e. The number of ether oxygens (including phenoxy) is 1. The van der Waals surface area contributed by atoms with Crippen molar-refractivity contribution in [3.05, 3.63) is 24.3 Å². The van der Waals surface area contributed by atoms with E-state index in [2.05, 4.69) is 10.6 Å². The molecule has 0 spiro atoms. The van der Waals surface area contributed by atoms with Gasteiger partial charge in [0.25, 0.3) is 0 Å². The summed E-state index contributed by atoms with van der Waals surface area (Å²) in [5.41, 5.74) is 0.838. The van der Waals surface area contributed by atoms with Crippen molar-refractivity contribution in [1.82, 2.24) is 5.32 Å². The van der Waals surface area contributed by atoms with Crippen LogP contribution in [-0.2, 0) is 4.79 Å². The SMILES string of the molecule is CC(C)Oc1ccc(NC(=S)NC(=O)C2CCCCC2)cc1. The lowest BCUT2D eigenvalue weighted by Crippen LogP contribution is -2.38. The fourth-order valence-electron chi connectivity index (χ4n) is 2.63. The van der Waals surface area contributed by atoms with E-state index in [1.165, 1.54) is 6.42 Å². The third-order valence-electron chi connectivity index (χ3n) is 3.70. The molecule has 2 N–H and O–H groups in total. The maximum absolute atomic E-state index is 12.1. The number of nitrogens with one attached hydrogen (secondary N) is 2. The average molecular weight is 320 g/mol. The molecule has 1 aromatic rings. The zero-order valence-electron chi connectivity index (χ0n) is 13.2. The number of thiocarbonyl (C=S) groups is 1. The van der Waals surface area contributed by atoms with E-state index in [0.29, 0.717) is 5.11 Å². The summed E-state index contributed by atoms with van der Waals surface area (Å²) in [7, 11) is 0. The maximum atomic E-state index is 12.1. The van der Waals surface area contributed by atoms with Gasteiger partial charge in [0.2, 0.25) is 5.91 Å². The molecule has 120 valence electrons. The first-order valence-corrected chi connectivity index (χ1v) is 8.34. The van der Waals surface area contributed by atoms with Crippen LogP contribution in [0, 0.1) is 5.92 Å². The number of carbonyl (C=O) groups excluding carboxylic acids is 1. The molecule has 0 radical (unpaired) electrons. The second-order valence-corrected chi connectivity index (χ2v) is 6.38. The summed E-state index contributed by atoms with van der Waals surface area (Å²) < 4.78 is 5.59. The lowest BCUT2D eigenvalue weighted by molar-refractivity contribution is -0.124. The topological polar surface area (TPSA) is 50.4 Å². The fourth-order valence-corrected chi connectivity index (χ4v) is 2.85. The Labute approximate surface area is 137 Å². The first kappa shape index (κ1) is 16.7. The molecule has 0 heterocycles. The highest BCUT2D eigenvalue weighted by molar-refractivity contribution is 7.80. The molecule has 22 heavy (non-hydrogen) atoms. The zero-order valence-corrected chi connectivity index (χ0v) is 14.0. The minimum Gasteiger partial charge on any atom is -0.491 e. The molecule has 4 nitrogen and oxygen atoms in total. The van der Waals surface area contributed by atoms with Crippen LogP contribution in [-0.4, -0.2) is 17.1 Å². The van der Waals surface area contributed by atoms with Crippen LogP contribution in [0.4, 0.5) is 5.69 Å². The predicted molar refractivity (Wildman–Crippen MR) is 93.1 cm³/mol. The van der Waals surface area contributed by atoms with Gasteiger partial charge in [0.15, 0.2) is 5.11 Å². The van der Waals surface area contributed by atoms with Crippen molar-refractivity contribution >= 4 is 28.9 Å². The van der Waals surface area contributed by atoms with Crippen molar-refractivity contribution in [2.75, 3.05) is 5.32 Å². The highest BCUT2D eigenvalue weighted by Gasteiger charge is 2.21. The van der Waals surface area contributed by atoms with E-state index >= 15 is 0 Å². The summed E-state index contributed by atoms with van der Waals surface area (Å²) >= 11 is 5.21. The Bertz CT molecular complexity index is 508. The number of amides is 1. The van der Waals surface area contributed by atoms with Crippen LogP contribution in [0.15, 0.2) is 24.3 Å². The number of benzene rings is 1. The molecule has 1 aliphatic carbocycles. The van der Waals surface area contributed by atoms with Crippen LogP contribution in [0.25, 0.3) is 0 Å². The molecule has 0 aliphatic heterocycles. The summed E-state index contributed by atoms with van der Waals surface area (Å²) in [6.45, 7) is 3.98. The highest BCUT2D eigenvalue weighted by atomic mass is 32.1. The number of hydrogen-bond donors (Lipinski definition) is 2. The van der Waals surface area contributed by atoms with Gasteiger partial charge in [-0.2, -0.15) is 0 Å². The number of carbonyl (C=O) groups is 1. The van der Waals surface area contributed by atoms with Crippen molar-refractivity contribution in [3.8, 4) is 5.75 Å². The second-order valence-electron chi connectivity index (χ2n) is 5.97. The molecule has 1 aliphatic rings. The molecule has 1 amide bonds. The third-order valence-corrected chi connectivity index (χ3v) is 3.90. The molecular weight excluding hydrogens is 296 g/mol. The van der Waals surface area contributed by atoms with E-state index in [9.17, 15) is 4.79 Å². The third kappa shape index (κ3) is 5.30. The first-order valence-electron chi connectivity index (χ1n) is 7.93. The molecule has 0 bridgehead atoms. The van der Waals surface area contributed by atoms with Crippen LogP contribution < -0.4 is 15.4 Å². The molecular formula is C17H24N2O2S. The Morgan fingerprint density at radius 3 is 2.41 bits per heavy atom. The van der Waals surface area contributed by atoms with Gasteiger partial charge in [-0.25, -0.2) is 0 Å². The Morgan fingerprint density at radius 1 is 1.18 bits per heavy atom. The minimum atomic E-state index is 0.0389. The summed E-state index contributed by atoms with van der Waals surface area (Å²) in [6.07, 6.45) is 5.59. The molecule has 1 aromatic carbocycles. The fraction of sp³-hybridized carbons (Fsp3) is 0.529. The van der Waals surface area contributed by atoms with Gasteiger partial charge in [-0.15, -0.1) is 0 Å². The second kappa shape index (κ2) is 8.13. The minimum absolute atomic E-state index is 0.0389. The highest BCUT2D eigenvalue weighted by Crippen LogP contribution is 2.23. The normalized spacial score (nSPS) is 15.4. The Balaban J connectivity index is 1.82. The van der Waals surface area contributed by atoms with E-state index in [0.717, 1.165) is 37.1 Å². The summed E-state index contributed by atoms with van der Waals surface area (Å²) in [5, 5.41) is 6.19. The molecule has 0 aromatic heterocycles. The van der Waals surface area contributed by atoms with Gasteiger partial charge in [0.05, 0.1) is 6.10 Å². The van der Waals surface area contributed by atoms with Crippen LogP contribution in [0.2, 0.25) is 0 Å². The van der Waals surface area contributed by atoms with Crippen LogP contribution >= 0.6 is 12.2 Å². The van der Waals surface area contributed by atoms with Gasteiger partial charge in [-0.1, -0.05) is 19.3 Å². The quantitative estimate of drug-likeness (QED) is 0.827.